The van der Waals surface area contributed by atoms with Crippen molar-refractivity contribution in [2.24, 2.45) is 0 Å². The molecule has 0 amide bonds. The van der Waals surface area contributed by atoms with Crippen molar-refractivity contribution in [3.05, 3.63) is 53.4 Å². The molecule has 5 nitrogen and oxygen atoms in total. The van der Waals surface area contributed by atoms with Crippen LogP contribution in [0.4, 0.5) is 0 Å². The highest BCUT2D eigenvalue weighted by atomic mass is 16.5. The van der Waals surface area contributed by atoms with E-state index in [0.29, 0.717) is 12.1 Å². The molecule has 0 aliphatic carbocycles. The third-order valence-corrected chi connectivity index (χ3v) is 2.57. The van der Waals surface area contributed by atoms with Crippen LogP contribution in [0.1, 0.15) is 21.7 Å². The summed E-state index contributed by atoms with van der Waals surface area (Å²) in [6.07, 6.45) is 1.62. The molecule has 1 aromatic heterocycles. The second kappa shape index (κ2) is 5.46. The molecule has 0 aliphatic rings. The van der Waals surface area contributed by atoms with Crippen LogP contribution in [0.3, 0.4) is 0 Å². The van der Waals surface area contributed by atoms with E-state index < -0.39 is 5.97 Å². The lowest BCUT2D eigenvalue weighted by atomic mass is 10.1. The summed E-state index contributed by atoms with van der Waals surface area (Å²) in [5.74, 6) is -0.101. The first-order chi connectivity index (χ1) is 8.65. The van der Waals surface area contributed by atoms with Gasteiger partial charge in [-0.3, -0.25) is 4.90 Å². The number of benzene rings is 1. The van der Waals surface area contributed by atoms with Gasteiger partial charge in [-0.05, 0) is 24.7 Å². The molecule has 94 valence electrons. The Morgan fingerprint density at radius 2 is 2.00 bits per heavy atom. The first-order valence-corrected chi connectivity index (χ1v) is 5.55. The van der Waals surface area contributed by atoms with Gasteiger partial charge in [-0.2, -0.15) is 0 Å². The number of carboxylic acids is 1. The number of hydrogen-bond donors (Lipinski definition) is 1. The van der Waals surface area contributed by atoms with Crippen molar-refractivity contribution in [2.75, 3.05) is 7.05 Å². The van der Waals surface area contributed by atoms with Gasteiger partial charge in [0.05, 0.1) is 18.3 Å². The third-order valence-electron chi connectivity index (χ3n) is 2.57. The molecular weight excluding hydrogens is 232 g/mol. The smallest absolute Gasteiger partial charge is 0.335 e. The lowest BCUT2D eigenvalue weighted by molar-refractivity contribution is 0.0697. The van der Waals surface area contributed by atoms with Gasteiger partial charge in [0.25, 0.3) is 0 Å². The Kier molecular flexibility index (Phi) is 3.74. The average Bonchev–Trinajstić information content (AvgIpc) is 2.82. The number of carboxylic acid groups (broad SMARTS) is 1. The van der Waals surface area contributed by atoms with Crippen LogP contribution in [0.5, 0.6) is 0 Å². The number of aromatic nitrogens is 1. The van der Waals surface area contributed by atoms with Crippen LogP contribution in [-0.2, 0) is 13.1 Å². The fraction of sp³-hybridized carbons (Fsp3) is 0.231. The van der Waals surface area contributed by atoms with Gasteiger partial charge < -0.3 is 9.63 Å². The van der Waals surface area contributed by atoms with Crippen molar-refractivity contribution in [3.8, 4) is 0 Å². The molecule has 2 rings (SSSR count). The molecule has 5 heteroatoms. The van der Waals surface area contributed by atoms with Crippen molar-refractivity contribution in [3.63, 3.8) is 0 Å². The second-order valence-electron chi connectivity index (χ2n) is 4.15. The maximum Gasteiger partial charge on any atom is 0.335 e. The van der Waals surface area contributed by atoms with Gasteiger partial charge >= 0.3 is 5.97 Å². The minimum Gasteiger partial charge on any atom is -0.478 e. The number of aromatic carboxylic acids is 1. The first kappa shape index (κ1) is 12.3. The van der Waals surface area contributed by atoms with Gasteiger partial charge in [-0.25, -0.2) is 4.79 Å². The zero-order valence-electron chi connectivity index (χ0n) is 10.0. The monoisotopic (exact) mass is 246 g/mol. The van der Waals surface area contributed by atoms with Gasteiger partial charge in [-0.1, -0.05) is 17.3 Å². The quantitative estimate of drug-likeness (QED) is 0.874. The van der Waals surface area contributed by atoms with E-state index >= 15 is 0 Å². The van der Waals surface area contributed by atoms with Gasteiger partial charge in [0.2, 0.25) is 0 Å². The summed E-state index contributed by atoms with van der Waals surface area (Å²) < 4.78 is 5.02. The molecule has 0 radical (unpaired) electrons. The highest BCUT2D eigenvalue weighted by Crippen LogP contribution is 2.09. The summed E-state index contributed by atoms with van der Waals surface area (Å²) in [7, 11) is 1.97. The van der Waals surface area contributed by atoms with E-state index in [1.54, 1.807) is 18.3 Å². The summed E-state index contributed by atoms with van der Waals surface area (Å²) in [4.78, 5) is 12.8. The number of carbonyl (C=O) groups is 1. The molecule has 18 heavy (non-hydrogen) atoms. The fourth-order valence-corrected chi connectivity index (χ4v) is 1.71. The van der Waals surface area contributed by atoms with E-state index in [1.807, 2.05) is 25.2 Å². The van der Waals surface area contributed by atoms with E-state index in [1.165, 1.54) is 0 Å². The SMILES string of the molecule is CN(Cc1ccc(C(=O)O)cc1)Cc1ccno1. The summed E-state index contributed by atoms with van der Waals surface area (Å²) in [5, 5.41) is 12.4. The van der Waals surface area contributed by atoms with Crippen LogP contribution >= 0.6 is 0 Å². The summed E-state index contributed by atoms with van der Waals surface area (Å²) in [6.45, 7) is 1.39. The Bertz CT molecular complexity index is 506. The summed E-state index contributed by atoms with van der Waals surface area (Å²) in [6, 6.07) is 8.69. The maximum absolute atomic E-state index is 10.7. The molecule has 0 spiro atoms. The highest BCUT2D eigenvalue weighted by molar-refractivity contribution is 5.87. The third kappa shape index (κ3) is 3.18. The Morgan fingerprint density at radius 3 is 2.56 bits per heavy atom. The maximum atomic E-state index is 10.7. The van der Waals surface area contributed by atoms with Gasteiger partial charge in [0.15, 0.2) is 5.76 Å². The van der Waals surface area contributed by atoms with Crippen LogP contribution in [0.2, 0.25) is 0 Å². The molecular formula is C13H14N2O3. The van der Waals surface area contributed by atoms with Gasteiger partial charge in [0, 0.05) is 12.6 Å². The molecule has 0 unspecified atom stereocenters. The molecule has 1 N–H and O–H groups in total. The minimum atomic E-state index is -0.906. The summed E-state index contributed by atoms with van der Waals surface area (Å²) >= 11 is 0. The molecule has 0 atom stereocenters. The molecule has 0 fully saturated rings. The zero-order chi connectivity index (χ0) is 13.0. The topological polar surface area (TPSA) is 66.6 Å². The standard InChI is InChI=1S/C13H14N2O3/c1-15(9-12-6-7-14-18-12)8-10-2-4-11(5-3-10)13(16)17/h2-7H,8-9H2,1H3,(H,16,17). The van der Waals surface area contributed by atoms with Gasteiger partial charge in [0.1, 0.15) is 0 Å². The second-order valence-corrected chi connectivity index (χ2v) is 4.15. The van der Waals surface area contributed by atoms with E-state index in [0.717, 1.165) is 17.9 Å². The zero-order valence-corrected chi connectivity index (χ0v) is 10.0. The van der Waals surface area contributed by atoms with Crippen molar-refractivity contribution in [2.45, 2.75) is 13.1 Å². The molecule has 0 saturated heterocycles. The van der Waals surface area contributed by atoms with E-state index in [9.17, 15) is 4.79 Å². The number of rotatable bonds is 5. The minimum absolute atomic E-state index is 0.302. The van der Waals surface area contributed by atoms with Crippen molar-refractivity contribution < 1.29 is 14.4 Å². The average molecular weight is 246 g/mol. The number of nitrogens with zero attached hydrogens (tertiary/aromatic N) is 2. The molecule has 2 aromatic rings. The van der Waals surface area contributed by atoms with Crippen LogP contribution in [0, 0.1) is 0 Å². The lowest BCUT2D eigenvalue weighted by Gasteiger charge is -2.14. The predicted molar refractivity (Wildman–Crippen MR) is 65.1 cm³/mol. The normalized spacial score (nSPS) is 10.8. The lowest BCUT2D eigenvalue weighted by Crippen LogP contribution is -2.16. The Balaban J connectivity index is 1.94. The Hall–Kier alpha value is -2.14. The van der Waals surface area contributed by atoms with Crippen LogP contribution in [0.15, 0.2) is 41.1 Å². The molecule has 0 bridgehead atoms. The highest BCUT2D eigenvalue weighted by Gasteiger charge is 2.06. The number of hydrogen-bond acceptors (Lipinski definition) is 4. The molecule has 0 saturated carbocycles. The summed E-state index contributed by atoms with van der Waals surface area (Å²) in [5.41, 5.74) is 1.36. The predicted octanol–water partition coefficient (Wildman–Crippen LogP) is 2.00. The fourth-order valence-electron chi connectivity index (χ4n) is 1.71. The van der Waals surface area contributed by atoms with Crippen molar-refractivity contribution >= 4 is 5.97 Å². The van der Waals surface area contributed by atoms with Crippen molar-refractivity contribution in [1.82, 2.24) is 10.1 Å². The van der Waals surface area contributed by atoms with E-state index in [4.69, 9.17) is 9.63 Å². The van der Waals surface area contributed by atoms with Gasteiger partial charge in [-0.15, -0.1) is 0 Å². The van der Waals surface area contributed by atoms with Crippen LogP contribution in [0.25, 0.3) is 0 Å². The van der Waals surface area contributed by atoms with E-state index in [2.05, 4.69) is 10.1 Å². The first-order valence-electron chi connectivity index (χ1n) is 5.55. The van der Waals surface area contributed by atoms with Crippen LogP contribution < -0.4 is 0 Å². The molecule has 1 heterocycles. The Morgan fingerprint density at radius 1 is 1.28 bits per heavy atom. The van der Waals surface area contributed by atoms with E-state index in [-0.39, 0.29) is 0 Å². The van der Waals surface area contributed by atoms with Crippen LogP contribution in [-0.4, -0.2) is 28.2 Å². The van der Waals surface area contributed by atoms with Crippen molar-refractivity contribution in [1.29, 1.82) is 0 Å². The Labute approximate surface area is 105 Å². The molecule has 1 aromatic carbocycles. The largest absolute Gasteiger partial charge is 0.478 e. The molecule has 0 aliphatic heterocycles.